The number of nitrogens with zero attached hydrogens (tertiary/aromatic N) is 3. The van der Waals surface area contributed by atoms with Crippen LogP contribution in [0.4, 0.5) is 0 Å². The second-order valence-electron chi connectivity index (χ2n) is 10.9. The van der Waals surface area contributed by atoms with E-state index in [1.165, 1.54) is 24.0 Å². The topological polar surface area (TPSA) is 178 Å². The largest absolute Gasteiger partial charge is 0.391 e. The number of aryl methyl sites for hydroxylation is 3. The number of nitriles is 1. The van der Waals surface area contributed by atoms with Crippen LogP contribution in [-0.4, -0.2) is 71.1 Å². The number of benzene rings is 2. The van der Waals surface area contributed by atoms with Crippen LogP contribution >= 0.6 is 0 Å². The third-order valence-electron chi connectivity index (χ3n) is 6.90. The van der Waals surface area contributed by atoms with E-state index < -0.39 is 41.8 Å². The summed E-state index contributed by atoms with van der Waals surface area (Å²) >= 11 is 0. The lowest BCUT2D eigenvalue weighted by atomic mass is 10.0. The normalized spacial score (nSPS) is 13.1. The zero-order chi connectivity index (χ0) is 33.1. The molecular weight excluding hydrogens is 576 g/mol. The first-order valence-corrected chi connectivity index (χ1v) is 14.4. The molecule has 3 rings (SSSR count). The number of carbonyl (C=O) groups is 4. The molecule has 0 aliphatic rings. The molecular formula is C33H38N6O6. The lowest BCUT2D eigenvalue weighted by Gasteiger charge is -2.24. The Morgan fingerprint density at radius 3 is 2.20 bits per heavy atom. The number of aromatic nitrogens is 1. The fourth-order valence-corrected chi connectivity index (χ4v) is 4.28. The predicted octanol–water partition coefficient (Wildman–Crippen LogP) is 2.20. The van der Waals surface area contributed by atoms with Gasteiger partial charge in [0.1, 0.15) is 29.5 Å². The summed E-state index contributed by atoms with van der Waals surface area (Å²) in [6, 6.07) is 15.7. The molecule has 0 radical (unpaired) electrons. The van der Waals surface area contributed by atoms with Gasteiger partial charge >= 0.3 is 0 Å². The fraction of sp³-hybridized carbons (Fsp3) is 0.333. The van der Waals surface area contributed by atoms with Crippen molar-refractivity contribution in [2.75, 3.05) is 14.1 Å². The Labute approximate surface area is 262 Å². The van der Waals surface area contributed by atoms with Gasteiger partial charge in [-0.2, -0.15) is 5.26 Å². The highest BCUT2D eigenvalue weighted by atomic mass is 16.5. The van der Waals surface area contributed by atoms with E-state index in [1.54, 1.807) is 33.2 Å². The van der Waals surface area contributed by atoms with Gasteiger partial charge in [0.25, 0.3) is 11.8 Å². The lowest BCUT2D eigenvalue weighted by Crippen LogP contribution is -2.57. The number of hydrogen-bond donors (Lipinski definition) is 4. The summed E-state index contributed by atoms with van der Waals surface area (Å²) < 4.78 is 4.92. The summed E-state index contributed by atoms with van der Waals surface area (Å²) in [5.74, 6) is -1.90. The average Bonchev–Trinajstić information content (AvgIpc) is 3.46. The van der Waals surface area contributed by atoms with Crippen LogP contribution in [0.25, 0.3) is 6.08 Å². The molecule has 0 aliphatic heterocycles. The van der Waals surface area contributed by atoms with E-state index >= 15 is 0 Å². The molecule has 0 bridgehead atoms. The molecule has 3 atom stereocenters. The molecule has 12 nitrogen and oxygen atoms in total. The van der Waals surface area contributed by atoms with Crippen LogP contribution < -0.4 is 16.0 Å². The summed E-state index contributed by atoms with van der Waals surface area (Å²) in [5.41, 5.74) is 3.41. The van der Waals surface area contributed by atoms with E-state index in [0.717, 1.165) is 16.7 Å². The smallest absolute Gasteiger partial charge is 0.274 e. The van der Waals surface area contributed by atoms with Crippen molar-refractivity contribution < 1.29 is 28.8 Å². The first-order valence-electron chi connectivity index (χ1n) is 14.4. The van der Waals surface area contributed by atoms with Crippen molar-refractivity contribution in [2.24, 2.45) is 0 Å². The Hall–Kier alpha value is -5.28. The Morgan fingerprint density at radius 1 is 1.00 bits per heavy atom. The number of hydrogen-bond acceptors (Lipinski definition) is 8. The minimum Gasteiger partial charge on any atom is -0.391 e. The molecule has 0 fully saturated rings. The molecule has 0 spiro atoms. The van der Waals surface area contributed by atoms with Gasteiger partial charge < -0.3 is 30.5 Å². The van der Waals surface area contributed by atoms with Gasteiger partial charge in [-0.25, -0.2) is 0 Å². The van der Waals surface area contributed by atoms with Gasteiger partial charge in [0.15, 0.2) is 5.69 Å². The predicted molar refractivity (Wildman–Crippen MR) is 166 cm³/mol. The van der Waals surface area contributed by atoms with E-state index in [2.05, 4.69) is 21.1 Å². The number of amides is 4. The van der Waals surface area contributed by atoms with Crippen molar-refractivity contribution in [3.05, 3.63) is 93.9 Å². The molecule has 1 heterocycles. The number of nitrogens with one attached hydrogen (secondary N) is 3. The number of likely N-dealkylation sites (N-methyl/N-ethyl adjacent to an activating group) is 1. The minimum atomic E-state index is -1.37. The molecule has 0 saturated heterocycles. The van der Waals surface area contributed by atoms with Gasteiger partial charge in [-0.1, -0.05) is 59.3 Å². The molecule has 3 aromatic rings. The van der Waals surface area contributed by atoms with Gasteiger partial charge in [0.2, 0.25) is 11.8 Å². The molecule has 4 N–H and O–H groups in total. The van der Waals surface area contributed by atoms with Crippen LogP contribution in [-0.2, 0) is 27.3 Å². The summed E-state index contributed by atoms with van der Waals surface area (Å²) in [5, 5.41) is 31.3. The molecule has 0 aliphatic carbocycles. The maximum absolute atomic E-state index is 13.3. The molecule has 4 amide bonds. The minimum absolute atomic E-state index is 0.000725. The standard InChI is InChI=1S/C33H38N6O6/c1-20-6-8-25(9-7-20)19-35-30(41)27(36-32(43)29(22(3)40)37-31(42)28-16-21(2)45-38-28)15-14-23-10-12-24(13-11-23)17-26(18-34)33(44)39(4)5/h6-13,16-17,22,27,29,40H,14-15,19H2,1-5H3,(H,35,41)(H,36,43)(H,37,42)/t22-,27?,29+/m1/s1. The van der Waals surface area contributed by atoms with E-state index in [0.29, 0.717) is 17.7 Å². The van der Waals surface area contributed by atoms with Crippen LogP contribution in [0.15, 0.2) is 64.7 Å². The van der Waals surface area contributed by atoms with Crippen LogP contribution in [0.2, 0.25) is 0 Å². The van der Waals surface area contributed by atoms with Gasteiger partial charge in [0.05, 0.1) is 6.10 Å². The summed E-state index contributed by atoms with van der Waals surface area (Å²) in [6.07, 6.45) is 0.806. The van der Waals surface area contributed by atoms with E-state index in [-0.39, 0.29) is 24.2 Å². The highest BCUT2D eigenvalue weighted by Crippen LogP contribution is 2.13. The molecule has 0 saturated carbocycles. The van der Waals surface area contributed by atoms with Gasteiger partial charge in [0, 0.05) is 26.7 Å². The van der Waals surface area contributed by atoms with Crippen molar-refractivity contribution >= 4 is 29.7 Å². The van der Waals surface area contributed by atoms with Crippen LogP contribution in [0, 0.1) is 25.2 Å². The van der Waals surface area contributed by atoms with Crippen molar-refractivity contribution in [3.63, 3.8) is 0 Å². The van der Waals surface area contributed by atoms with E-state index in [9.17, 15) is 29.5 Å². The third kappa shape index (κ3) is 10.1. The second kappa shape index (κ2) is 16.0. The van der Waals surface area contributed by atoms with E-state index in [4.69, 9.17) is 4.52 Å². The van der Waals surface area contributed by atoms with Crippen LogP contribution in [0.5, 0.6) is 0 Å². The van der Waals surface area contributed by atoms with Crippen molar-refractivity contribution in [1.82, 2.24) is 26.0 Å². The Balaban J connectivity index is 1.75. The SMILES string of the molecule is Cc1ccc(CNC(=O)C(CCc2ccc(C=C(C#N)C(=O)N(C)C)cc2)NC(=O)[C@@H](NC(=O)c2cc(C)on2)[C@@H](C)O)cc1. The summed E-state index contributed by atoms with van der Waals surface area (Å²) in [7, 11) is 3.13. The van der Waals surface area contributed by atoms with Crippen molar-refractivity contribution in [1.29, 1.82) is 5.26 Å². The second-order valence-corrected chi connectivity index (χ2v) is 10.9. The molecule has 45 heavy (non-hydrogen) atoms. The molecule has 236 valence electrons. The first kappa shape index (κ1) is 34.2. The first-order chi connectivity index (χ1) is 21.4. The third-order valence-corrected chi connectivity index (χ3v) is 6.90. The quantitative estimate of drug-likeness (QED) is 0.167. The highest BCUT2D eigenvalue weighted by molar-refractivity contribution is 6.01. The maximum atomic E-state index is 13.3. The average molecular weight is 615 g/mol. The highest BCUT2D eigenvalue weighted by Gasteiger charge is 2.30. The Kier molecular flexibility index (Phi) is 12.1. The van der Waals surface area contributed by atoms with E-state index in [1.807, 2.05) is 49.4 Å². The number of carbonyl (C=O) groups excluding carboxylic acids is 4. The molecule has 1 unspecified atom stereocenters. The Morgan fingerprint density at radius 2 is 1.64 bits per heavy atom. The van der Waals surface area contributed by atoms with Gasteiger partial charge in [-0.3, -0.25) is 19.2 Å². The zero-order valence-corrected chi connectivity index (χ0v) is 26.0. The van der Waals surface area contributed by atoms with Crippen LogP contribution in [0.1, 0.15) is 51.8 Å². The van der Waals surface area contributed by atoms with Crippen LogP contribution in [0.3, 0.4) is 0 Å². The number of aliphatic hydroxyl groups is 1. The molecule has 2 aromatic carbocycles. The lowest BCUT2D eigenvalue weighted by molar-refractivity contribution is -0.131. The van der Waals surface area contributed by atoms with Gasteiger partial charge in [-0.15, -0.1) is 0 Å². The summed E-state index contributed by atoms with van der Waals surface area (Å²) in [6.45, 7) is 5.17. The number of aliphatic hydroxyl groups excluding tert-OH is 1. The molecule has 12 heteroatoms. The zero-order valence-electron chi connectivity index (χ0n) is 26.0. The van der Waals surface area contributed by atoms with Crippen molar-refractivity contribution in [2.45, 2.75) is 58.3 Å². The monoisotopic (exact) mass is 614 g/mol. The molecule has 1 aromatic heterocycles. The number of rotatable bonds is 13. The van der Waals surface area contributed by atoms with Crippen molar-refractivity contribution in [3.8, 4) is 6.07 Å². The fourth-order valence-electron chi connectivity index (χ4n) is 4.28. The van der Waals surface area contributed by atoms with Gasteiger partial charge in [-0.05, 0) is 56.4 Å². The summed E-state index contributed by atoms with van der Waals surface area (Å²) in [4.78, 5) is 52.8. The maximum Gasteiger partial charge on any atom is 0.274 e. The Bertz CT molecular complexity index is 1570.